The molecule has 1 N–H and O–H groups in total. The minimum atomic E-state index is -0.487. The van der Waals surface area contributed by atoms with Crippen LogP contribution in [0.15, 0.2) is 48.8 Å². The topological polar surface area (TPSA) is 45.2 Å². The molecule has 1 saturated heterocycles. The average Bonchev–Trinajstić information content (AvgIpc) is 2.57. The molecule has 4 nitrogen and oxygen atoms in total. The fraction of sp³-hybridized carbons (Fsp3) is 0.368. The van der Waals surface area contributed by atoms with E-state index in [1.165, 1.54) is 24.6 Å². The smallest absolute Gasteiger partial charge is 0.217 e. The number of amides is 1. The molecule has 1 fully saturated rings. The van der Waals surface area contributed by atoms with Gasteiger partial charge in [0.15, 0.2) is 0 Å². The Morgan fingerprint density at radius 2 is 2.08 bits per heavy atom. The number of pyridine rings is 1. The van der Waals surface area contributed by atoms with Crippen molar-refractivity contribution in [2.45, 2.75) is 31.8 Å². The first kappa shape index (κ1) is 16.6. The van der Waals surface area contributed by atoms with Crippen LogP contribution in [0.3, 0.4) is 0 Å². The number of nitrogens with one attached hydrogen (secondary N) is 1. The molecule has 0 bridgehead atoms. The van der Waals surface area contributed by atoms with Gasteiger partial charge >= 0.3 is 0 Å². The Labute approximate surface area is 141 Å². The molecule has 0 radical (unpaired) electrons. The normalized spacial score (nSPS) is 17.4. The monoisotopic (exact) mass is 327 g/mol. The molecule has 0 atom stereocenters. The van der Waals surface area contributed by atoms with E-state index in [0.29, 0.717) is 0 Å². The number of hydrogen-bond acceptors (Lipinski definition) is 3. The van der Waals surface area contributed by atoms with E-state index in [9.17, 15) is 9.18 Å². The molecule has 3 rings (SSSR count). The van der Waals surface area contributed by atoms with E-state index >= 15 is 0 Å². The van der Waals surface area contributed by atoms with Crippen molar-refractivity contribution in [3.63, 3.8) is 0 Å². The maximum atomic E-state index is 13.7. The van der Waals surface area contributed by atoms with Gasteiger partial charge in [0.2, 0.25) is 5.91 Å². The van der Waals surface area contributed by atoms with Crippen molar-refractivity contribution in [2.24, 2.45) is 0 Å². The van der Waals surface area contributed by atoms with Gasteiger partial charge in [-0.05, 0) is 42.2 Å². The second-order valence-electron chi connectivity index (χ2n) is 6.41. The number of likely N-dealkylation sites (tertiary alicyclic amines) is 1. The fourth-order valence-electron chi connectivity index (χ4n) is 3.45. The van der Waals surface area contributed by atoms with E-state index < -0.39 is 5.54 Å². The predicted molar refractivity (Wildman–Crippen MR) is 90.6 cm³/mol. The molecule has 1 aromatic heterocycles. The van der Waals surface area contributed by atoms with Crippen molar-refractivity contribution in [3.8, 4) is 0 Å². The molecule has 126 valence electrons. The Morgan fingerprint density at radius 3 is 2.71 bits per heavy atom. The summed E-state index contributed by atoms with van der Waals surface area (Å²) < 4.78 is 13.7. The average molecular weight is 327 g/mol. The van der Waals surface area contributed by atoms with Gasteiger partial charge in [0.05, 0.1) is 5.54 Å². The summed E-state index contributed by atoms with van der Waals surface area (Å²) in [4.78, 5) is 18.2. The van der Waals surface area contributed by atoms with Crippen LogP contribution in [0.5, 0.6) is 0 Å². The molecule has 1 aliphatic heterocycles. The lowest BCUT2D eigenvalue weighted by Gasteiger charge is -2.42. The molecule has 24 heavy (non-hydrogen) atoms. The zero-order valence-corrected chi connectivity index (χ0v) is 13.8. The van der Waals surface area contributed by atoms with Crippen LogP contribution >= 0.6 is 0 Å². The molecule has 0 unspecified atom stereocenters. The van der Waals surface area contributed by atoms with Gasteiger partial charge < -0.3 is 5.32 Å². The van der Waals surface area contributed by atoms with Gasteiger partial charge in [-0.25, -0.2) is 4.39 Å². The fourth-order valence-corrected chi connectivity index (χ4v) is 3.45. The molecular weight excluding hydrogens is 305 g/mol. The van der Waals surface area contributed by atoms with Crippen molar-refractivity contribution in [1.29, 1.82) is 0 Å². The molecular formula is C19H22FN3O. The second-order valence-corrected chi connectivity index (χ2v) is 6.41. The van der Waals surface area contributed by atoms with Crippen LogP contribution in [0.4, 0.5) is 4.39 Å². The van der Waals surface area contributed by atoms with Gasteiger partial charge in [-0.1, -0.05) is 18.2 Å². The van der Waals surface area contributed by atoms with Crippen molar-refractivity contribution < 1.29 is 9.18 Å². The van der Waals surface area contributed by atoms with E-state index in [-0.39, 0.29) is 11.7 Å². The van der Waals surface area contributed by atoms with E-state index in [2.05, 4.69) is 21.3 Å². The molecule has 5 heteroatoms. The summed E-state index contributed by atoms with van der Waals surface area (Å²) in [6.07, 6.45) is 5.17. The number of rotatable bonds is 4. The standard InChI is InChI=1S/C19H22FN3O/c1-15(24)22-19(17-5-2-6-18(20)12-17)7-10-23(11-8-19)14-16-4-3-9-21-13-16/h2-6,9,12-13H,7-8,10-11,14H2,1H3,(H,22,24). The van der Waals surface area contributed by atoms with E-state index in [4.69, 9.17) is 0 Å². The van der Waals surface area contributed by atoms with Crippen LogP contribution in [0.1, 0.15) is 30.9 Å². The minimum absolute atomic E-state index is 0.0834. The Kier molecular flexibility index (Phi) is 4.90. The van der Waals surface area contributed by atoms with Gasteiger partial charge in [0, 0.05) is 39.0 Å². The first-order chi connectivity index (χ1) is 11.6. The van der Waals surface area contributed by atoms with Crippen LogP contribution in [0, 0.1) is 5.82 Å². The van der Waals surface area contributed by atoms with Gasteiger partial charge in [0.1, 0.15) is 5.82 Å². The third kappa shape index (κ3) is 3.79. The summed E-state index contributed by atoms with van der Waals surface area (Å²) >= 11 is 0. The Hall–Kier alpha value is -2.27. The largest absolute Gasteiger partial charge is 0.347 e. The number of carbonyl (C=O) groups excluding carboxylic acids is 1. The summed E-state index contributed by atoms with van der Waals surface area (Å²) in [5, 5.41) is 3.08. The van der Waals surface area contributed by atoms with Crippen LogP contribution in [0.2, 0.25) is 0 Å². The SMILES string of the molecule is CC(=O)NC1(c2cccc(F)c2)CCN(Cc2cccnc2)CC1. The maximum absolute atomic E-state index is 13.7. The molecule has 2 aromatic rings. The zero-order chi connectivity index (χ0) is 17.0. The maximum Gasteiger partial charge on any atom is 0.217 e. The summed E-state index contributed by atoms with van der Waals surface area (Å²) in [5.74, 6) is -0.352. The summed E-state index contributed by atoms with van der Waals surface area (Å²) in [7, 11) is 0. The Morgan fingerprint density at radius 1 is 1.29 bits per heavy atom. The quantitative estimate of drug-likeness (QED) is 0.939. The third-order valence-electron chi connectivity index (χ3n) is 4.63. The van der Waals surface area contributed by atoms with Crippen molar-refractivity contribution in [1.82, 2.24) is 15.2 Å². The summed E-state index contributed by atoms with van der Waals surface area (Å²) in [6.45, 7) is 4.04. The van der Waals surface area contributed by atoms with Gasteiger partial charge in [-0.3, -0.25) is 14.7 Å². The number of piperidine rings is 1. The number of nitrogens with zero attached hydrogens (tertiary/aromatic N) is 2. The molecule has 1 aromatic carbocycles. The van der Waals surface area contributed by atoms with Crippen LogP contribution in [-0.4, -0.2) is 28.9 Å². The highest BCUT2D eigenvalue weighted by molar-refractivity contribution is 5.74. The first-order valence-corrected chi connectivity index (χ1v) is 8.23. The molecule has 0 saturated carbocycles. The Balaban J connectivity index is 1.74. The van der Waals surface area contributed by atoms with E-state index in [1.807, 2.05) is 18.3 Å². The van der Waals surface area contributed by atoms with Crippen molar-refractivity contribution in [2.75, 3.05) is 13.1 Å². The highest BCUT2D eigenvalue weighted by atomic mass is 19.1. The molecule has 0 spiro atoms. The third-order valence-corrected chi connectivity index (χ3v) is 4.63. The van der Waals surface area contributed by atoms with Gasteiger partial charge in [-0.2, -0.15) is 0 Å². The van der Waals surface area contributed by atoms with Crippen LogP contribution < -0.4 is 5.32 Å². The highest BCUT2D eigenvalue weighted by Crippen LogP contribution is 2.33. The number of aromatic nitrogens is 1. The van der Waals surface area contributed by atoms with Crippen LogP contribution in [-0.2, 0) is 16.9 Å². The number of halogens is 1. The van der Waals surface area contributed by atoms with Crippen LogP contribution in [0.25, 0.3) is 0 Å². The Bertz CT molecular complexity index is 697. The minimum Gasteiger partial charge on any atom is -0.347 e. The summed E-state index contributed by atoms with van der Waals surface area (Å²) in [6, 6.07) is 10.6. The molecule has 0 aliphatic carbocycles. The second kappa shape index (κ2) is 7.09. The van der Waals surface area contributed by atoms with Gasteiger partial charge in [0.25, 0.3) is 0 Å². The lowest BCUT2D eigenvalue weighted by Crippen LogP contribution is -2.52. The lowest BCUT2D eigenvalue weighted by molar-refractivity contribution is -0.121. The van der Waals surface area contributed by atoms with E-state index in [0.717, 1.165) is 38.0 Å². The molecule has 2 heterocycles. The number of benzene rings is 1. The van der Waals surface area contributed by atoms with Crippen molar-refractivity contribution in [3.05, 3.63) is 65.7 Å². The van der Waals surface area contributed by atoms with Crippen molar-refractivity contribution >= 4 is 5.91 Å². The highest BCUT2D eigenvalue weighted by Gasteiger charge is 2.37. The van der Waals surface area contributed by atoms with E-state index in [1.54, 1.807) is 12.3 Å². The zero-order valence-electron chi connectivity index (χ0n) is 13.8. The molecule has 1 amide bonds. The number of carbonyl (C=O) groups is 1. The van der Waals surface area contributed by atoms with Gasteiger partial charge in [-0.15, -0.1) is 0 Å². The predicted octanol–water partition coefficient (Wildman–Crippen LogP) is 2.85. The lowest BCUT2D eigenvalue weighted by atomic mass is 9.80. The molecule has 1 aliphatic rings. The number of hydrogen-bond donors (Lipinski definition) is 1. The first-order valence-electron chi connectivity index (χ1n) is 8.23. The summed E-state index contributed by atoms with van der Waals surface area (Å²) in [5.41, 5.74) is 1.54.